The van der Waals surface area contributed by atoms with E-state index in [1.165, 1.54) is 5.56 Å². The number of benzene rings is 1. The zero-order chi connectivity index (χ0) is 16.9. The molecule has 0 fully saturated rings. The number of para-hydroxylation sites is 1. The predicted octanol–water partition coefficient (Wildman–Crippen LogP) is 3.53. The number of carbonyl (C=O) groups is 1. The van der Waals surface area contributed by atoms with Gasteiger partial charge in [0.1, 0.15) is 5.82 Å². The highest BCUT2D eigenvalue weighted by Crippen LogP contribution is 2.27. The van der Waals surface area contributed by atoms with Crippen LogP contribution >= 0.6 is 0 Å². The van der Waals surface area contributed by atoms with E-state index in [0.717, 1.165) is 38.0 Å². The summed E-state index contributed by atoms with van der Waals surface area (Å²) in [7, 11) is 0. The molecular formula is C19H24N4O. The number of fused-ring (bicyclic) bond motifs is 1. The number of anilines is 2. The Morgan fingerprint density at radius 1 is 1.21 bits per heavy atom. The minimum Gasteiger partial charge on any atom is -0.369 e. The zero-order valence-corrected chi connectivity index (χ0v) is 14.3. The highest BCUT2D eigenvalue weighted by Gasteiger charge is 2.24. The van der Waals surface area contributed by atoms with Gasteiger partial charge in [0.25, 0.3) is 5.91 Å². The summed E-state index contributed by atoms with van der Waals surface area (Å²) < 4.78 is 0. The van der Waals surface area contributed by atoms with Crippen LogP contribution in [-0.2, 0) is 6.42 Å². The van der Waals surface area contributed by atoms with Gasteiger partial charge in [0.05, 0.1) is 0 Å². The number of hydrogen-bond donors (Lipinski definition) is 1. The Balaban J connectivity index is 1.70. The van der Waals surface area contributed by atoms with Crippen molar-refractivity contribution in [3.05, 3.63) is 47.7 Å². The summed E-state index contributed by atoms with van der Waals surface area (Å²) >= 11 is 0. The number of nitrogens with one attached hydrogen (secondary N) is 1. The fourth-order valence-electron chi connectivity index (χ4n) is 2.91. The van der Waals surface area contributed by atoms with Gasteiger partial charge in [-0.1, -0.05) is 32.0 Å². The molecule has 0 spiro atoms. The molecule has 5 nitrogen and oxygen atoms in total. The molecule has 1 amide bonds. The normalized spacial score (nSPS) is 13.7. The molecular weight excluding hydrogens is 300 g/mol. The summed E-state index contributed by atoms with van der Waals surface area (Å²) in [6.07, 6.45) is 3.07. The van der Waals surface area contributed by atoms with Gasteiger partial charge < -0.3 is 10.2 Å². The maximum atomic E-state index is 12.8. The first-order valence-corrected chi connectivity index (χ1v) is 8.62. The zero-order valence-electron chi connectivity index (χ0n) is 14.3. The molecule has 0 radical (unpaired) electrons. The van der Waals surface area contributed by atoms with Crippen molar-refractivity contribution in [3.8, 4) is 0 Å². The summed E-state index contributed by atoms with van der Waals surface area (Å²) in [6, 6.07) is 11.7. The molecule has 2 aromatic rings. The third-order valence-corrected chi connectivity index (χ3v) is 4.27. The third kappa shape index (κ3) is 3.72. The number of aryl methyl sites for hydroxylation is 1. The summed E-state index contributed by atoms with van der Waals surface area (Å²) in [4.78, 5) is 14.6. The van der Waals surface area contributed by atoms with E-state index in [-0.39, 0.29) is 5.91 Å². The quantitative estimate of drug-likeness (QED) is 0.914. The summed E-state index contributed by atoms with van der Waals surface area (Å²) in [5.74, 6) is 1.28. The lowest BCUT2D eigenvalue weighted by Crippen LogP contribution is -2.36. The van der Waals surface area contributed by atoms with Crippen LogP contribution in [0.5, 0.6) is 0 Å². The van der Waals surface area contributed by atoms with Gasteiger partial charge in [0, 0.05) is 18.8 Å². The van der Waals surface area contributed by atoms with Crippen molar-refractivity contribution in [2.75, 3.05) is 23.3 Å². The maximum Gasteiger partial charge on any atom is 0.278 e. The first kappa shape index (κ1) is 16.4. The SMILES string of the molecule is CC(C)CCNc1ccc(C(=O)N2CCCc3ccccc32)nn1. The van der Waals surface area contributed by atoms with E-state index in [4.69, 9.17) is 0 Å². The van der Waals surface area contributed by atoms with Crippen LogP contribution in [0, 0.1) is 5.92 Å². The van der Waals surface area contributed by atoms with Crippen molar-refractivity contribution in [2.45, 2.75) is 33.1 Å². The van der Waals surface area contributed by atoms with E-state index in [0.29, 0.717) is 17.4 Å². The molecule has 1 N–H and O–H groups in total. The Kier molecular flexibility index (Phi) is 5.08. The molecule has 1 aliphatic heterocycles. The van der Waals surface area contributed by atoms with E-state index in [1.807, 2.05) is 29.2 Å². The van der Waals surface area contributed by atoms with Crippen LogP contribution in [0.4, 0.5) is 11.5 Å². The van der Waals surface area contributed by atoms with Gasteiger partial charge in [-0.05, 0) is 48.9 Å². The lowest BCUT2D eigenvalue weighted by Gasteiger charge is -2.29. The minimum atomic E-state index is -0.0802. The van der Waals surface area contributed by atoms with Crippen LogP contribution in [-0.4, -0.2) is 29.2 Å². The number of hydrogen-bond acceptors (Lipinski definition) is 4. The first-order chi connectivity index (χ1) is 11.6. The monoisotopic (exact) mass is 324 g/mol. The molecule has 24 heavy (non-hydrogen) atoms. The number of aromatic nitrogens is 2. The number of amides is 1. The molecule has 0 aliphatic carbocycles. The smallest absolute Gasteiger partial charge is 0.278 e. The molecule has 2 heterocycles. The molecule has 0 atom stereocenters. The highest BCUT2D eigenvalue weighted by atomic mass is 16.2. The second-order valence-electron chi connectivity index (χ2n) is 6.60. The Labute approximate surface area is 143 Å². The molecule has 1 aromatic heterocycles. The molecule has 3 rings (SSSR count). The molecule has 0 saturated carbocycles. The molecule has 5 heteroatoms. The number of rotatable bonds is 5. The fourth-order valence-corrected chi connectivity index (χ4v) is 2.91. The van der Waals surface area contributed by atoms with Crippen LogP contribution in [0.1, 0.15) is 42.7 Å². The summed E-state index contributed by atoms with van der Waals surface area (Å²) in [6.45, 7) is 5.96. The van der Waals surface area contributed by atoms with Gasteiger partial charge in [-0.3, -0.25) is 4.79 Å². The van der Waals surface area contributed by atoms with Crippen LogP contribution in [0.15, 0.2) is 36.4 Å². The average molecular weight is 324 g/mol. The highest BCUT2D eigenvalue weighted by molar-refractivity contribution is 6.05. The van der Waals surface area contributed by atoms with Crippen LogP contribution in [0.25, 0.3) is 0 Å². The standard InChI is InChI=1S/C19H24N4O/c1-14(2)11-12-20-18-10-9-16(21-22-18)19(24)23-13-5-7-15-6-3-4-8-17(15)23/h3-4,6,8-10,14H,5,7,11-13H2,1-2H3,(H,20,22). The topological polar surface area (TPSA) is 58.1 Å². The van der Waals surface area contributed by atoms with Crippen molar-refractivity contribution >= 4 is 17.4 Å². The van der Waals surface area contributed by atoms with Crippen molar-refractivity contribution in [1.29, 1.82) is 0 Å². The van der Waals surface area contributed by atoms with Gasteiger partial charge >= 0.3 is 0 Å². The van der Waals surface area contributed by atoms with E-state index < -0.39 is 0 Å². The second kappa shape index (κ2) is 7.43. The Hall–Kier alpha value is -2.43. The second-order valence-corrected chi connectivity index (χ2v) is 6.60. The van der Waals surface area contributed by atoms with Crippen molar-refractivity contribution in [2.24, 2.45) is 5.92 Å². The molecule has 1 aliphatic rings. The van der Waals surface area contributed by atoms with E-state index in [2.05, 4.69) is 35.4 Å². The minimum absolute atomic E-state index is 0.0802. The van der Waals surface area contributed by atoms with Gasteiger partial charge in [0.15, 0.2) is 5.69 Å². The molecule has 126 valence electrons. The molecule has 0 bridgehead atoms. The first-order valence-electron chi connectivity index (χ1n) is 8.62. The number of nitrogens with zero attached hydrogens (tertiary/aromatic N) is 3. The summed E-state index contributed by atoms with van der Waals surface area (Å²) in [5.41, 5.74) is 2.60. The average Bonchev–Trinajstić information content (AvgIpc) is 2.61. The molecule has 0 unspecified atom stereocenters. The van der Waals surface area contributed by atoms with E-state index >= 15 is 0 Å². The van der Waals surface area contributed by atoms with Crippen molar-refractivity contribution in [3.63, 3.8) is 0 Å². The largest absolute Gasteiger partial charge is 0.369 e. The maximum absolute atomic E-state index is 12.8. The predicted molar refractivity (Wildman–Crippen MR) is 96.4 cm³/mol. The lowest BCUT2D eigenvalue weighted by molar-refractivity contribution is 0.0979. The van der Waals surface area contributed by atoms with Gasteiger partial charge in [0.2, 0.25) is 0 Å². The summed E-state index contributed by atoms with van der Waals surface area (Å²) in [5, 5.41) is 11.5. The Morgan fingerprint density at radius 3 is 2.79 bits per heavy atom. The third-order valence-electron chi connectivity index (χ3n) is 4.27. The molecule has 1 aromatic carbocycles. The molecule has 0 saturated heterocycles. The van der Waals surface area contributed by atoms with Crippen LogP contribution in [0.2, 0.25) is 0 Å². The Bertz CT molecular complexity index is 697. The van der Waals surface area contributed by atoms with Crippen molar-refractivity contribution < 1.29 is 4.79 Å². The lowest BCUT2D eigenvalue weighted by atomic mass is 10.0. The Morgan fingerprint density at radius 2 is 2.04 bits per heavy atom. The van der Waals surface area contributed by atoms with Crippen LogP contribution in [0.3, 0.4) is 0 Å². The number of carbonyl (C=O) groups excluding carboxylic acids is 1. The van der Waals surface area contributed by atoms with Crippen molar-refractivity contribution in [1.82, 2.24) is 10.2 Å². The van der Waals surface area contributed by atoms with E-state index in [9.17, 15) is 4.79 Å². The van der Waals surface area contributed by atoms with E-state index in [1.54, 1.807) is 6.07 Å². The van der Waals surface area contributed by atoms with Gasteiger partial charge in [-0.2, -0.15) is 0 Å². The fraction of sp³-hybridized carbons (Fsp3) is 0.421. The van der Waals surface area contributed by atoms with Crippen LogP contribution < -0.4 is 10.2 Å². The van der Waals surface area contributed by atoms with Gasteiger partial charge in [-0.25, -0.2) is 0 Å². The van der Waals surface area contributed by atoms with Gasteiger partial charge in [-0.15, -0.1) is 10.2 Å².